The van der Waals surface area contributed by atoms with E-state index in [1.807, 2.05) is 37.2 Å². The van der Waals surface area contributed by atoms with Crippen molar-refractivity contribution in [3.63, 3.8) is 0 Å². The van der Waals surface area contributed by atoms with E-state index in [4.69, 9.17) is 4.74 Å². The highest BCUT2D eigenvalue weighted by Gasteiger charge is 2.06. The first-order valence-corrected chi connectivity index (χ1v) is 6.43. The van der Waals surface area contributed by atoms with Crippen LogP contribution in [0, 0.1) is 6.92 Å². The molecule has 0 bridgehead atoms. The molecule has 2 heterocycles. The molecule has 0 saturated carbocycles. The highest BCUT2D eigenvalue weighted by Crippen LogP contribution is 2.11. The predicted octanol–water partition coefficient (Wildman–Crippen LogP) is 1.42. The summed E-state index contributed by atoms with van der Waals surface area (Å²) in [6.07, 6.45) is 6.91. The quantitative estimate of drug-likeness (QED) is 0.768. The summed E-state index contributed by atoms with van der Waals surface area (Å²) in [5.74, 6) is 0.900. The zero-order valence-electron chi connectivity index (χ0n) is 11.8. The SMILES string of the molecule is COCCCNc1nc(C)cn1Cc1cnn(C)c1. The summed E-state index contributed by atoms with van der Waals surface area (Å²) in [6, 6.07) is 0. The number of aryl methyl sites for hydroxylation is 2. The second-order valence-corrected chi connectivity index (χ2v) is 4.63. The van der Waals surface area contributed by atoms with Gasteiger partial charge in [0.15, 0.2) is 0 Å². The molecule has 0 saturated heterocycles. The fourth-order valence-electron chi connectivity index (χ4n) is 1.98. The van der Waals surface area contributed by atoms with Crippen LogP contribution in [0.2, 0.25) is 0 Å². The molecule has 19 heavy (non-hydrogen) atoms. The van der Waals surface area contributed by atoms with Crippen molar-refractivity contribution in [2.45, 2.75) is 19.9 Å². The molecule has 1 N–H and O–H groups in total. The van der Waals surface area contributed by atoms with Crippen LogP contribution in [-0.4, -0.2) is 39.6 Å². The maximum atomic E-state index is 5.04. The molecule has 0 radical (unpaired) electrons. The van der Waals surface area contributed by atoms with Crippen molar-refractivity contribution in [3.8, 4) is 0 Å². The molecule has 0 amide bonds. The van der Waals surface area contributed by atoms with Crippen LogP contribution in [0.25, 0.3) is 0 Å². The first-order chi connectivity index (χ1) is 9.19. The van der Waals surface area contributed by atoms with E-state index >= 15 is 0 Å². The molecular formula is C13H21N5O. The Labute approximate surface area is 113 Å². The zero-order chi connectivity index (χ0) is 13.7. The minimum Gasteiger partial charge on any atom is -0.385 e. The van der Waals surface area contributed by atoms with Crippen LogP contribution in [0.5, 0.6) is 0 Å². The van der Waals surface area contributed by atoms with Gasteiger partial charge < -0.3 is 14.6 Å². The van der Waals surface area contributed by atoms with Gasteiger partial charge in [0.05, 0.1) is 18.4 Å². The molecule has 2 rings (SSSR count). The topological polar surface area (TPSA) is 56.9 Å². The Morgan fingerprint density at radius 1 is 1.37 bits per heavy atom. The normalized spacial score (nSPS) is 10.9. The number of anilines is 1. The largest absolute Gasteiger partial charge is 0.385 e. The van der Waals surface area contributed by atoms with E-state index in [2.05, 4.69) is 20.0 Å². The van der Waals surface area contributed by atoms with E-state index in [1.165, 1.54) is 5.56 Å². The summed E-state index contributed by atoms with van der Waals surface area (Å²) >= 11 is 0. The molecule has 2 aromatic rings. The molecular weight excluding hydrogens is 242 g/mol. The average molecular weight is 263 g/mol. The average Bonchev–Trinajstić information content (AvgIpc) is 2.92. The third-order valence-corrected chi connectivity index (χ3v) is 2.82. The van der Waals surface area contributed by atoms with Gasteiger partial charge in [-0.25, -0.2) is 4.98 Å². The van der Waals surface area contributed by atoms with Gasteiger partial charge in [0, 0.05) is 45.3 Å². The van der Waals surface area contributed by atoms with Crippen LogP contribution in [0.1, 0.15) is 17.7 Å². The summed E-state index contributed by atoms with van der Waals surface area (Å²) in [5.41, 5.74) is 2.18. The number of imidazole rings is 1. The van der Waals surface area contributed by atoms with Crippen molar-refractivity contribution < 1.29 is 4.74 Å². The predicted molar refractivity (Wildman–Crippen MR) is 74.3 cm³/mol. The lowest BCUT2D eigenvalue weighted by Gasteiger charge is -2.08. The third kappa shape index (κ3) is 3.82. The zero-order valence-corrected chi connectivity index (χ0v) is 11.8. The first-order valence-electron chi connectivity index (χ1n) is 6.43. The number of ether oxygens (including phenoxy) is 1. The van der Waals surface area contributed by atoms with Crippen molar-refractivity contribution in [2.75, 3.05) is 25.6 Å². The van der Waals surface area contributed by atoms with Gasteiger partial charge >= 0.3 is 0 Å². The van der Waals surface area contributed by atoms with Crippen molar-refractivity contribution >= 4 is 5.95 Å². The van der Waals surface area contributed by atoms with E-state index in [1.54, 1.807) is 7.11 Å². The molecule has 0 aromatic carbocycles. The van der Waals surface area contributed by atoms with Crippen LogP contribution in [0.4, 0.5) is 5.95 Å². The molecule has 104 valence electrons. The van der Waals surface area contributed by atoms with Crippen LogP contribution < -0.4 is 5.32 Å². The summed E-state index contributed by atoms with van der Waals surface area (Å²) in [4.78, 5) is 4.50. The van der Waals surface area contributed by atoms with Gasteiger partial charge in [-0.15, -0.1) is 0 Å². The second-order valence-electron chi connectivity index (χ2n) is 4.63. The first kappa shape index (κ1) is 13.6. The summed E-state index contributed by atoms with van der Waals surface area (Å²) in [6.45, 7) is 4.40. The van der Waals surface area contributed by atoms with E-state index < -0.39 is 0 Å². The Morgan fingerprint density at radius 2 is 2.21 bits per heavy atom. The van der Waals surface area contributed by atoms with E-state index in [0.717, 1.165) is 37.8 Å². The molecule has 6 nitrogen and oxygen atoms in total. The van der Waals surface area contributed by atoms with Gasteiger partial charge in [0.25, 0.3) is 0 Å². The monoisotopic (exact) mass is 263 g/mol. The molecule has 0 aliphatic rings. The lowest BCUT2D eigenvalue weighted by atomic mass is 10.3. The van der Waals surface area contributed by atoms with Gasteiger partial charge in [-0.05, 0) is 13.3 Å². The number of rotatable bonds is 7. The van der Waals surface area contributed by atoms with Crippen molar-refractivity contribution in [2.24, 2.45) is 7.05 Å². The van der Waals surface area contributed by atoms with E-state index in [0.29, 0.717) is 0 Å². The van der Waals surface area contributed by atoms with Gasteiger partial charge in [-0.2, -0.15) is 5.10 Å². The minimum atomic E-state index is 0.759. The molecule has 0 aliphatic heterocycles. The molecule has 0 unspecified atom stereocenters. The van der Waals surface area contributed by atoms with Crippen LogP contribution >= 0.6 is 0 Å². The molecule has 6 heteroatoms. The Hall–Kier alpha value is -1.82. The van der Waals surface area contributed by atoms with Crippen LogP contribution in [0.15, 0.2) is 18.6 Å². The summed E-state index contributed by atoms with van der Waals surface area (Å²) < 4.78 is 8.96. The number of nitrogens with zero attached hydrogens (tertiary/aromatic N) is 4. The maximum Gasteiger partial charge on any atom is 0.203 e. The van der Waals surface area contributed by atoms with Crippen LogP contribution in [0.3, 0.4) is 0 Å². The fourth-order valence-corrected chi connectivity index (χ4v) is 1.98. The molecule has 0 atom stereocenters. The maximum absolute atomic E-state index is 5.04. The molecule has 0 spiro atoms. The molecule has 2 aromatic heterocycles. The van der Waals surface area contributed by atoms with Gasteiger partial charge in [-0.1, -0.05) is 0 Å². The highest BCUT2D eigenvalue weighted by molar-refractivity contribution is 5.29. The standard InChI is InChI=1S/C13H21N5O/c1-11-8-18(10-12-7-15-17(2)9-12)13(16-11)14-5-4-6-19-3/h7-9H,4-6,10H2,1-3H3,(H,14,16). The lowest BCUT2D eigenvalue weighted by molar-refractivity contribution is 0.197. The number of methoxy groups -OCH3 is 1. The second kappa shape index (κ2) is 6.38. The van der Waals surface area contributed by atoms with Gasteiger partial charge in [-0.3, -0.25) is 4.68 Å². The van der Waals surface area contributed by atoms with Crippen molar-refractivity contribution in [3.05, 3.63) is 29.8 Å². The number of hydrogen-bond acceptors (Lipinski definition) is 4. The molecule has 0 aliphatic carbocycles. The number of aromatic nitrogens is 4. The summed E-state index contributed by atoms with van der Waals surface area (Å²) in [7, 11) is 3.64. The van der Waals surface area contributed by atoms with Crippen molar-refractivity contribution in [1.82, 2.24) is 19.3 Å². The van der Waals surface area contributed by atoms with E-state index in [9.17, 15) is 0 Å². The van der Waals surface area contributed by atoms with Gasteiger partial charge in [0.1, 0.15) is 0 Å². The van der Waals surface area contributed by atoms with E-state index in [-0.39, 0.29) is 0 Å². The Morgan fingerprint density at radius 3 is 2.89 bits per heavy atom. The van der Waals surface area contributed by atoms with Crippen LogP contribution in [-0.2, 0) is 18.3 Å². The fraction of sp³-hybridized carbons (Fsp3) is 0.538. The smallest absolute Gasteiger partial charge is 0.203 e. The Bertz CT molecular complexity index is 517. The number of nitrogens with one attached hydrogen (secondary N) is 1. The lowest BCUT2D eigenvalue weighted by Crippen LogP contribution is -2.10. The minimum absolute atomic E-state index is 0.759. The number of hydrogen-bond donors (Lipinski definition) is 1. The van der Waals surface area contributed by atoms with Gasteiger partial charge in [0.2, 0.25) is 5.95 Å². The Kier molecular flexibility index (Phi) is 4.57. The third-order valence-electron chi connectivity index (χ3n) is 2.82. The van der Waals surface area contributed by atoms with Crippen molar-refractivity contribution in [1.29, 1.82) is 0 Å². The summed E-state index contributed by atoms with van der Waals surface area (Å²) in [5, 5.41) is 7.52. The Balaban J connectivity index is 1.99. The molecule has 0 fully saturated rings. The highest BCUT2D eigenvalue weighted by atomic mass is 16.5.